The second-order valence-electron chi connectivity index (χ2n) is 7.59. The maximum absolute atomic E-state index is 12.5. The van der Waals surface area contributed by atoms with Crippen molar-refractivity contribution in [1.82, 2.24) is 5.32 Å². The zero-order chi connectivity index (χ0) is 19.2. The van der Waals surface area contributed by atoms with E-state index in [-0.39, 0.29) is 6.42 Å². The number of hydrogen-bond donors (Lipinski definition) is 3. The molecule has 0 aliphatic heterocycles. The number of carboxylic acid groups (broad SMARTS) is 1. The maximum atomic E-state index is 12.5. The Kier molecular flexibility index (Phi) is 7.69. The highest BCUT2D eigenvalue weighted by atomic mass is 16.6. The van der Waals surface area contributed by atoms with Crippen molar-refractivity contribution in [3.8, 4) is 0 Å². The second kappa shape index (κ2) is 8.32. The Morgan fingerprint density at radius 2 is 1.46 bits per heavy atom. The van der Waals surface area contributed by atoms with Crippen LogP contribution in [-0.4, -0.2) is 46.4 Å². The number of aliphatic carboxylic acids is 1. The van der Waals surface area contributed by atoms with Crippen molar-refractivity contribution in [1.29, 1.82) is 0 Å². The van der Waals surface area contributed by atoms with Gasteiger partial charge in [-0.25, -0.2) is 14.4 Å². The van der Waals surface area contributed by atoms with Crippen molar-refractivity contribution >= 4 is 18.0 Å². The number of carboxylic acids is 1. The minimum atomic E-state index is -2.22. The van der Waals surface area contributed by atoms with Crippen molar-refractivity contribution in [2.45, 2.75) is 77.5 Å². The maximum Gasteiger partial charge on any atom is 0.409 e. The molecule has 0 rings (SSSR count). The first-order valence-corrected chi connectivity index (χ1v) is 7.91. The monoisotopic (exact) mass is 346 g/mol. The van der Waals surface area contributed by atoms with Crippen LogP contribution in [0.4, 0.5) is 4.79 Å². The Hall–Kier alpha value is -1.83. The van der Waals surface area contributed by atoms with Crippen LogP contribution in [0.25, 0.3) is 0 Å². The molecule has 24 heavy (non-hydrogen) atoms. The van der Waals surface area contributed by atoms with Crippen LogP contribution in [0.2, 0.25) is 0 Å². The molecule has 4 N–H and O–H groups in total. The highest BCUT2D eigenvalue weighted by molar-refractivity contribution is 6.06. The molecule has 0 unspecified atom stereocenters. The summed E-state index contributed by atoms with van der Waals surface area (Å²) in [5, 5.41) is 11.8. The third-order valence-electron chi connectivity index (χ3n) is 2.83. The number of nitrogens with one attached hydrogen (secondary N) is 1. The minimum absolute atomic E-state index is 0.145. The number of rotatable bonds is 7. The van der Waals surface area contributed by atoms with E-state index in [0.717, 1.165) is 0 Å². The second-order valence-corrected chi connectivity index (χ2v) is 7.59. The first-order valence-electron chi connectivity index (χ1n) is 7.91. The fourth-order valence-corrected chi connectivity index (χ4v) is 1.84. The van der Waals surface area contributed by atoms with E-state index in [1.54, 1.807) is 41.5 Å². The molecule has 0 aromatic rings. The molecule has 0 spiro atoms. The number of unbranched alkanes of at least 4 members (excludes halogenated alkanes) is 1. The van der Waals surface area contributed by atoms with E-state index in [2.05, 4.69) is 5.32 Å². The van der Waals surface area contributed by atoms with Gasteiger partial charge in [0, 0.05) is 0 Å². The molecule has 0 heterocycles. The molecule has 0 saturated carbocycles. The molecule has 1 amide bonds. The topological polar surface area (TPSA) is 128 Å². The lowest BCUT2D eigenvalue weighted by molar-refractivity contribution is -0.171. The van der Waals surface area contributed by atoms with E-state index in [0.29, 0.717) is 19.4 Å². The molecule has 0 aliphatic carbocycles. The van der Waals surface area contributed by atoms with Crippen molar-refractivity contribution in [3.63, 3.8) is 0 Å². The fraction of sp³-hybridized carbons (Fsp3) is 0.812. The molecule has 0 aliphatic rings. The van der Waals surface area contributed by atoms with Crippen LogP contribution >= 0.6 is 0 Å². The Labute approximate surface area is 143 Å². The number of nitrogens with two attached hydrogens (primary N) is 1. The van der Waals surface area contributed by atoms with Crippen LogP contribution in [0, 0.1) is 0 Å². The molecule has 140 valence electrons. The molecule has 0 bridgehead atoms. The average molecular weight is 346 g/mol. The number of carbonyl (C=O) groups excluding carboxylic acids is 2. The molecule has 8 nitrogen and oxygen atoms in total. The Morgan fingerprint density at radius 1 is 0.958 bits per heavy atom. The highest BCUT2D eigenvalue weighted by Crippen LogP contribution is 2.22. The number of carbonyl (C=O) groups is 3. The largest absolute Gasteiger partial charge is 0.479 e. The summed E-state index contributed by atoms with van der Waals surface area (Å²) >= 11 is 0. The van der Waals surface area contributed by atoms with E-state index >= 15 is 0 Å². The lowest BCUT2D eigenvalue weighted by atomic mass is 9.92. The molecule has 0 fully saturated rings. The zero-order valence-electron chi connectivity index (χ0n) is 15.4. The van der Waals surface area contributed by atoms with Gasteiger partial charge >= 0.3 is 18.0 Å². The molecule has 0 aromatic heterocycles. The van der Waals surface area contributed by atoms with Gasteiger partial charge in [-0.1, -0.05) is 0 Å². The van der Waals surface area contributed by atoms with Crippen LogP contribution < -0.4 is 11.1 Å². The van der Waals surface area contributed by atoms with E-state index < -0.39 is 34.8 Å². The number of alkyl carbamates (subject to hydrolysis) is 1. The van der Waals surface area contributed by atoms with Crippen LogP contribution in [0.3, 0.4) is 0 Å². The van der Waals surface area contributed by atoms with Crippen LogP contribution in [0.1, 0.15) is 60.8 Å². The molecule has 0 saturated heterocycles. The van der Waals surface area contributed by atoms with E-state index in [1.807, 2.05) is 0 Å². The summed E-state index contributed by atoms with van der Waals surface area (Å²) in [6.07, 6.45) is -0.303. The van der Waals surface area contributed by atoms with Gasteiger partial charge in [0.05, 0.1) is 0 Å². The van der Waals surface area contributed by atoms with Gasteiger partial charge in [0.15, 0.2) is 0 Å². The van der Waals surface area contributed by atoms with Gasteiger partial charge in [-0.2, -0.15) is 0 Å². The summed E-state index contributed by atoms with van der Waals surface area (Å²) in [5.41, 5.74) is 1.47. The summed E-state index contributed by atoms with van der Waals surface area (Å²) < 4.78 is 10.3. The Morgan fingerprint density at radius 3 is 1.83 bits per heavy atom. The van der Waals surface area contributed by atoms with Crippen LogP contribution in [-0.2, 0) is 19.1 Å². The van der Waals surface area contributed by atoms with Gasteiger partial charge in [-0.05, 0) is 67.3 Å². The summed E-state index contributed by atoms with van der Waals surface area (Å²) in [5.74, 6) is -2.54. The first-order chi connectivity index (χ1) is 10.7. The lowest BCUT2D eigenvalue weighted by Gasteiger charge is -2.32. The van der Waals surface area contributed by atoms with Gasteiger partial charge < -0.3 is 20.3 Å². The molecule has 8 heteroatoms. The van der Waals surface area contributed by atoms with E-state index in [9.17, 15) is 19.5 Å². The van der Waals surface area contributed by atoms with Gasteiger partial charge in [-0.3, -0.25) is 5.32 Å². The van der Waals surface area contributed by atoms with Crippen molar-refractivity contribution in [3.05, 3.63) is 0 Å². The number of amides is 1. The number of esters is 1. The van der Waals surface area contributed by atoms with Crippen molar-refractivity contribution in [2.75, 3.05) is 6.54 Å². The number of ether oxygens (including phenoxy) is 2. The SMILES string of the molecule is CC(C)(C)OC(=O)N[C@@](CCCCN)(C(=O)O)C(=O)OC(C)(C)C. The smallest absolute Gasteiger partial charge is 0.409 e. The zero-order valence-corrected chi connectivity index (χ0v) is 15.4. The van der Waals surface area contributed by atoms with Crippen LogP contribution in [0.15, 0.2) is 0 Å². The normalized spacial score (nSPS) is 14.5. The summed E-state index contributed by atoms with van der Waals surface area (Å²) in [6, 6.07) is 0. The number of hydrogen-bond acceptors (Lipinski definition) is 6. The van der Waals surface area contributed by atoms with Crippen LogP contribution in [0.5, 0.6) is 0 Å². The molecule has 0 radical (unpaired) electrons. The molecule has 1 atom stereocenters. The summed E-state index contributed by atoms with van der Waals surface area (Å²) in [6.45, 7) is 10.1. The van der Waals surface area contributed by atoms with E-state index in [4.69, 9.17) is 15.2 Å². The third-order valence-corrected chi connectivity index (χ3v) is 2.83. The van der Waals surface area contributed by atoms with Crippen molar-refractivity contribution < 1.29 is 29.0 Å². The molecular weight excluding hydrogens is 316 g/mol. The fourth-order valence-electron chi connectivity index (χ4n) is 1.84. The molecule has 0 aromatic carbocycles. The summed E-state index contributed by atoms with van der Waals surface area (Å²) in [4.78, 5) is 36.4. The Balaban J connectivity index is 5.54. The first kappa shape index (κ1) is 22.2. The van der Waals surface area contributed by atoms with Gasteiger partial charge in [-0.15, -0.1) is 0 Å². The summed E-state index contributed by atoms with van der Waals surface area (Å²) in [7, 11) is 0. The standard InChI is InChI=1S/C16H30N2O6/c1-14(2,3)23-12(21)16(11(19)20,9-7-8-10-17)18-13(22)24-15(4,5)6/h7-10,17H2,1-6H3,(H,18,22)(H,19,20)/t16-/m0/s1. The third kappa shape index (κ3) is 7.63. The quantitative estimate of drug-likeness (QED) is 0.364. The predicted octanol–water partition coefficient (Wildman–Crippen LogP) is 1.81. The van der Waals surface area contributed by atoms with Gasteiger partial charge in [0.25, 0.3) is 0 Å². The average Bonchev–Trinajstić information content (AvgIpc) is 2.32. The molecular formula is C16H30N2O6. The predicted molar refractivity (Wildman–Crippen MR) is 88.5 cm³/mol. The lowest BCUT2D eigenvalue weighted by Crippen LogP contribution is -2.62. The van der Waals surface area contributed by atoms with E-state index in [1.165, 1.54) is 0 Å². The van der Waals surface area contributed by atoms with Gasteiger partial charge in [0.2, 0.25) is 5.54 Å². The highest BCUT2D eigenvalue weighted by Gasteiger charge is 2.50. The minimum Gasteiger partial charge on any atom is -0.479 e. The van der Waals surface area contributed by atoms with Crippen molar-refractivity contribution in [2.24, 2.45) is 5.73 Å². The van der Waals surface area contributed by atoms with Gasteiger partial charge in [0.1, 0.15) is 11.2 Å². The Bertz CT molecular complexity index is 464.